The molecule has 0 radical (unpaired) electrons. The minimum atomic E-state index is -0.251. The van der Waals surface area contributed by atoms with Gasteiger partial charge >= 0.3 is 0 Å². The number of carbonyl (C=O) groups is 2. The molecule has 0 aliphatic carbocycles. The molecule has 120 valence electrons. The molecule has 0 unspecified atom stereocenters. The van der Waals surface area contributed by atoms with Crippen LogP contribution in [0.3, 0.4) is 0 Å². The average molecular weight is 332 g/mol. The van der Waals surface area contributed by atoms with Gasteiger partial charge in [0.15, 0.2) is 0 Å². The summed E-state index contributed by atoms with van der Waals surface area (Å²) >= 11 is 1.44. The normalized spacial score (nSPS) is 16.8. The highest BCUT2D eigenvalue weighted by molar-refractivity contribution is 7.08. The van der Waals surface area contributed by atoms with Crippen LogP contribution in [0.25, 0.3) is 0 Å². The number of thiophene rings is 1. The Kier molecular flexibility index (Phi) is 4.43. The number of carbonyl (C=O) groups excluding carboxylic acids is 2. The van der Waals surface area contributed by atoms with E-state index in [0.29, 0.717) is 18.5 Å². The molecule has 0 fully saturated rings. The second kappa shape index (κ2) is 6.50. The maximum absolute atomic E-state index is 13.3. The molecule has 1 N–H and O–H groups in total. The first-order valence-electron chi connectivity index (χ1n) is 7.44. The summed E-state index contributed by atoms with van der Waals surface area (Å²) in [5.74, 6) is -0.624. The minimum absolute atomic E-state index is 0.0322. The predicted molar refractivity (Wildman–Crippen MR) is 86.9 cm³/mol. The highest BCUT2D eigenvalue weighted by Gasteiger charge is 2.27. The van der Waals surface area contributed by atoms with Gasteiger partial charge in [0.1, 0.15) is 5.82 Å². The van der Waals surface area contributed by atoms with E-state index in [4.69, 9.17) is 0 Å². The number of nitrogens with zero attached hydrogens (tertiary/aromatic N) is 1. The number of amides is 2. The van der Waals surface area contributed by atoms with Gasteiger partial charge in [0.25, 0.3) is 5.91 Å². The Bertz CT molecular complexity index is 730. The Labute approximate surface area is 137 Å². The van der Waals surface area contributed by atoms with E-state index in [9.17, 15) is 14.0 Å². The Balaban J connectivity index is 1.64. The monoisotopic (exact) mass is 332 g/mol. The summed E-state index contributed by atoms with van der Waals surface area (Å²) in [5.41, 5.74) is 2.48. The molecule has 2 amide bonds. The Morgan fingerprint density at radius 2 is 2.22 bits per heavy atom. The fourth-order valence-electron chi connectivity index (χ4n) is 2.89. The van der Waals surface area contributed by atoms with Gasteiger partial charge in [-0.15, -0.1) is 0 Å². The van der Waals surface area contributed by atoms with Crippen LogP contribution in [0.5, 0.6) is 0 Å². The van der Waals surface area contributed by atoms with E-state index in [-0.39, 0.29) is 30.2 Å². The summed E-state index contributed by atoms with van der Waals surface area (Å²) in [6.07, 6.45) is 0.627. The summed E-state index contributed by atoms with van der Waals surface area (Å²) < 4.78 is 13.3. The molecule has 6 heteroatoms. The fourth-order valence-corrected chi connectivity index (χ4v) is 3.53. The van der Waals surface area contributed by atoms with E-state index < -0.39 is 0 Å². The van der Waals surface area contributed by atoms with Crippen molar-refractivity contribution in [3.05, 3.63) is 57.5 Å². The standard InChI is InChI=1S/C17H17FN2O2S/c1-11-15-3-2-14(18)8-12(15)4-6-20(11)16(21)9-19-17(22)13-5-7-23-10-13/h2-3,5,7-8,10-11H,4,6,9H2,1H3,(H,19,22)/t11-/m0/s1. The van der Waals surface area contributed by atoms with Crippen LogP contribution in [-0.2, 0) is 11.2 Å². The third kappa shape index (κ3) is 3.27. The fraction of sp³-hybridized carbons (Fsp3) is 0.294. The number of benzene rings is 1. The first kappa shape index (κ1) is 15.7. The van der Waals surface area contributed by atoms with Crippen molar-refractivity contribution in [2.24, 2.45) is 0 Å². The van der Waals surface area contributed by atoms with Gasteiger partial charge in [-0.05, 0) is 48.1 Å². The van der Waals surface area contributed by atoms with Gasteiger partial charge in [0.05, 0.1) is 12.6 Å². The third-order valence-electron chi connectivity index (χ3n) is 4.15. The van der Waals surface area contributed by atoms with Crippen LogP contribution in [0.15, 0.2) is 35.0 Å². The van der Waals surface area contributed by atoms with Crippen LogP contribution in [0.4, 0.5) is 4.39 Å². The molecule has 1 aromatic heterocycles. The van der Waals surface area contributed by atoms with Crippen molar-refractivity contribution in [2.45, 2.75) is 19.4 Å². The van der Waals surface area contributed by atoms with E-state index in [1.165, 1.54) is 23.5 Å². The largest absolute Gasteiger partial charge is 0.343 e. The van der Waals surface area contributed by atoms with Gasteiger partial charge in [-0.1, -0.05) is 6.07 Å². The summed E-state index contributed by atoms with van der Waals surface area (Å²) in [6.45, 7) is 2.43. The molecule has 2 heterocycles. The lowest BCUT2D eigenvalue weighted by atomic mass is 9.93. The van der Waals surface area contributed by atoms with Crippen molar-refractivity contribution in [1.82, 2.24) is 10.2 Å². The van der Waals surface area contributed by atoms with Crippen molar-refractivity contribution >= 4 is 23.2 Å². The molecule has 4 nitrogen and oxygen atoms in total. The summed E-state index contributed by atoms with van der Waals surface area (Å²) in [4.78, 5) is 26.0. The van der Waals surface area contributed by atoms with E-state index in [0.717, 1.165) is 11.1 Å². The maximum Gasteiger partial charge on any atom is 0.252 e. The Morgan fingerprint density at radius 3 is 2.96 bits per heavy atom. The van der Waals surface area contributed by atoms with Gasteiger partial charge in [0.2, 0.25) is 5.91 Å². The van der Waals surface area contributed by atoms with Gasteiger partial charge < -0.3 is 10.2 Å². The SMILES string of the molecule is C[C@H]1c2ccc(F)cc2CCN1C(=O)CNC(=O)c1ccsc1. The lowest BCUT2D eigenvalue weighted by Gasteiger charge is -2.35. The van der Waals surface area contributed by atoms with Crippen molar-refractivity contribution in [1.29, 1.82) is 0 Å². The first-order chi connectivity index (χ1) is 11.1. The zero-order chi connectivity index (χ0) is 16.4. The number of rotatable bonds is 3. The molecule has 23 heavy (non-hydrogen) atoms. The number of nitrogens with one attached hydrogen (secondary N) is 1. The molecule has 1 aliphatic heterocycles. The van der Waals surface area contributed by atoms with Crippen LogP contribution in [0.2, 0.25) is 0 Å². The minimum Gasteiger partial charge on any atom is -0.343 e. The van der Waals surface area contributed by atoms with E-state index in [1.54, 1.807) is 22.4 Å². The van der Waals surface area contributed by atoms with Crippen molar-refractivity contribution in [3.63, 3.8) is 0 Å². The lowest BCUT2D eigenvalue weighted by Crippen LogP contribution is -2.44. The first-order valence-corrected chi connectivity index (χ1v) is 8.38. The predicted octanol–water partition coefficient (Wildman–Crippen LogP) is 2.76. The molecule has 1 aromatic carbocycles. The zero-order valence-corrected chi connectivity index (χ0v) is 13.5. The highest BCUT2D eigenvalue weighted by atomic mass is 32.1. The van der Waals surface area contributed by atoms with Gasteiger partial charge in [-0.3, -0.25) is 9.59 Å². The zero-order valence-electron chi connectivity index (χ0n) is 12.7. The number of halogens is 1. The molecule has 3 rings (SSSR count). The maximum atomic E-state index is 13.3. The van der Waals surface area contributed by atoms with Crippen LogP contribution in [-0.4, -0.2) is 29.8 Å². The molecule has 0 spiro atoms. The summed E-state index contributed by atoms with van der Waals surface area (Å²) in [7, 11) is 0. The van der Waals surface area contributed by atoms with Gasteiger partial charge in [-0.25, -0.2) is 4.39 Å². The molecule has 1 atom stereocenters. The van der Waals surface area contributed by atoms with Gasteiger partial charge in [0, 0.05) is 17.5 Å². The molecule has 1 aliphatic rings. The van der Waals surface area contributed by atoms with Crippen LogP contribution < -0.4 is 5.32 Å². The molecular weight excluding hydrogens is 315 g/mol. The second-order valence-electron chi connectivity index (χ2n) is 5.55. The summed E-state index contributed by atoms with van der Waals surface area (Å²) in [5, 5.41) is 6.22. The second-order valence-corrected chi connectivity index (χ2v) is 6.33. The van der Waals surface area contributed by atoms with Gasteiger partial charge in [-0.2, -0.15) is 11.3 Å². The Morgan fingerprint density at radius 1 is 1.39 bits per heavy atom. The number of hydrogen-bond acceptors (Lipinski definition) is 3. The van der Waals surface area contributed by atoms with E-state index >= 15 is 0 Å². The van der Waals surface area contributed by atoms with Crippen LogP contribution in [0, 0.1) is 5.82 Å². The molecule has 2 aromatic rings. The average Bonchev–Trinajstić information content (AvgIpc) is 3.07. The Hall–Kier alpha value is -2.21. The quantitative estimate of drug-likeness (QED) is 0.939. The molecule has 0 bridgehead atoms. The lowest BCUT2D eigenvalue weighted by molar-refractivity contribution is -0.132. The van der Waals surface area contributed by atoms with Crippen molar-refractivity contribution in [3.8, 4) is 0 Å². The third-order valence-corrected chi connectivity index (χ3v) is 4.83. The van der Waals surface area contributed by atoms with Crippen molar-refractivity contribution < 1.29 is 14.0 Å². The van der Waals surface area contributed by atoms with Crippen LogP contribution >= 0.6 is 11.3 Å². The number of hydrogen-bond donors (Lipinski definition) is 1. The highest BCUT2D eigenvalue weighted by Crippen LogP contribution is 2.29. The molecular formula is C17H17FN2O2S. The molecule has 0 saturated carbocycles. The molecule has 0 saturated heterocycles. The topological polar surface area (TPSA) is 49.4 Å². The van der Waals surface area contributed by atoms with Crippen molar-refractivity contribution in [2.75, 3.05) is 13.1 Å². The number of fused-ring (bicyclic) bond motifs is 1. The van der Waals surface area contributed by atoms with E-state index in [1.807, 2.05) is 12.3 Å². The van der Waals surface area contributed by atoms with E-state index in [2.05, 4.69) is 5.32 Å². The summed E-state index contributed by atoms with van der Waals surface area (Å²) in [6, 6.07) is 6.29. The smallest absolute Gasteiger partial charge is 0.252 e. The van der Waals surface area contributed by atoms with Crippen LogP contribution in [0.1, 0.15) is 34.5 Å².